The standard InChI is InChI=1S/C16H20N4O3S/c1-24(22,23)20-9-5-8-13(11-20)18-16(21)14-10-17-19-15(14)12-6-3-2-4-7-12/h2-4,6-7,10,13H,5,8-9,11H2,1H3,(H,17,19)(H,18,21)/t13-/m0/s1. The fourth-order valence-electron chi connectivity index (χ4n) is 2.91. The van der Waals surface area contributed by atoms with Gasteiger partial charge in [-0.1, -0.05) is 30.3 Å². The quantitative estimate of drug-likeness (QED) is 0.869. The number of carbonyl (C=O) groups excluding carboxylic acids is 1. The molecule has 1 aromatic heterocycles. The maximum atomic E-state index is 12.6. The summed E-state index contributed by atoms with van der Waals surface area (Å²) in [5.74, 6) is -0.247. The first-order chi connectivity index (χ1) is 11.4. The lowest BCUT2D eigenvalue weighted by Crippen LogP contribution is -2.49. The summed E-state index contributed by atoms with van der Waals surface area (Å²) in [6, 6.07) is 9.29. The third kappa shape index (κ3) is 3.65. The van der Waals surface area contributed by atoms with Crippen molar-refractivity contribution in [3.63, 3.8) is 0 Å². The molecule has 1 aliphatic heterocycles. The second-order valence-electron chi connectivity index (χ2n) is 5.96. The van der Waals surface area contributed by atoms with Crippen molar-refractivity contribution in [3.05, 3.63) is 42.1 Å². The number of nitrogens with one attached hydrogen (secondary N) is 2. The zero-order valence-corrected chi connectivity index (χ0v) is 14.2. The van der Waals surface area contributed by atoms with Crippen LogP contribution < -0.4 is 5.32 Å². The van der Waals surface area contributed by atoms with Gasteiger partial charge in [0.25, 0.3) is 5.91 Å². The van der Waals surface area contributed by atoms with Gasteiger partial charge in [-0.15, -0.1) is 0 Å². The topological polar surface area (TPSA) is 95.2 Å². The Morgan fingerprint density at radius 2 is 2.08 bits per heavy atom. The van der Waals surface area contributed by atoms with E-state index in [2.05, 4.69) is 15.5 Å². The number of amides is 1. The molecule has 1 aromatic carbocycles. The van der Waals surface area contributed by atoms with E-state index in [1.54, 1.807) is 0 Å². The molecule has 24 heavy (non-hydrogen) atoms. The first-order valence-corrected chi connectivity index (χ1v) is 9.65. The minimum atomic E-state index is -3.24. The van der Waals surface area contributed by atoms with Crippen LogP contribution in [0, 0.1) is 0 Å². The van der Waals surface area contributed by atoms with E-state index in [-0.39, 0.29) is 11.9 Å². The van der Waals surface area contributed by atoms with E-state index in [9.17, 15) is 13.2 Å². The Hall–Kier alpha value is -2.19. The van der Waals surface area contributed by atoms with E-state index < -0.39 is 10.0 Å². The first kappa shape index (κ1) is 16.7. The second kappa shape index (κ2) is 6.74. The maximum Gasteiger partial charge on any atom is 0.255 e. The van der Waals surface area contributed by atoms with Gasteiger partial charge >= 0.3 is 0 Å². The van der Waals surface area contributed by atoms with Gasteiger partial charge in [0, 0.05) is 24.7 Å². The highest BCUT2D eigenvalue weighted by molar-refractivity contribution is 7.88. The number of rotatable bonds is 4. The SMILES string of the molecule is CS(=O)(=O)N1CCC[C@H](NC(=O)c2cn[nH]c2-c2ccccc2)C1. The normalized spacial score (nSPS) is 19.1. The summed E-state index contributed by atoms with van der Waals surface area (Å²) in [5.41, 5.74) is 1.99. The average Bonchev–Trinajstić information content (AvgIpc) is 3.05. The molecule has 2 N–H and O–H groups in total. The van der Waals surface area contributed by atoms with Gasteiger partial charge in [0.15, 0.2) is 0 Å². The van der Waals surface area contributed by atoms with E-state index in [0.717, 1.165) is 18.4 Å². The molecule has 1 aliphatic rings. The van der Waals surface area contributed by atoms with Crippen LogP contribution in [0.1, 0.15) is 23.2 Å². The first-order valence-electron chi connectivity index (χ1n) is 7.80. The number of nitrogens with zero attached hydrogens (tertiary/aromatic N) is 2. The zero-order chi connectivity index (χ0) is 17.2. The van der Waals surface area contributed by atoms with E-state index in [1.807, 2.05) is 30.3 Å². The number of piperidine rings is 1. The van der Waals surface area contributed by atoms with Crippen molar-refractivity contribution in [2.75, 3.05) is 19.3 Å². The third-order valence-electron chi connectivity index (χ3n) is 4.13. The van der Waals surface area contributed by atoms with Gasteiger partial charge in [-0.05, 0) is 12.8 Å². The number of sulfonamides is 1. The molecule has 1 atom stereocenters. The summed E-state index contributed by atoms with van der Waals surface area (Å²) in [5, 5.41) is 9.76. The monoisotopic (exact) mass is 348 g/mol. The van der Waals surface area contributed by atoms with Crippen LogP contribution in [-0.4, -0.2) is 54.2 Å². The summed E-state index contributed by atoms with van der Waals surface area (Å²) in [4.78, 5) is 12.6. The van der Waals surface area contributed by atoms with Crippen LogP contribution in [0.4, 0.5) is 0 Å². The lowest BCUT2D eigenvalue weighted by molar-refractivity contribution is 0.0922. The van der Waals surface area contributed by atoms with Crippen LogP contribution in [0.3, 0.4) is 0 Å². The minimum Gasteiger partial charge on any atom is -0.348 e. The van der Waals surface area contributed by atoms with Crippen molar-refractivity contribution in [1.82, 2.24) is 19.8 Å². The van der Waals surface area contributed by atoms with Crippen molar-refractivity contribution in [2.24, 2.45) is 0 Å². The van der Waals surface area contributed by atoms with Gasteiger partial charge in [0.05, 0.1) is 23.7 Å². The number of aromatic amines is 1. The Morgan fingerprint density at radius 3 is 2.79 bits per heavy atom. The molecule has 1 saturated heterocycles. The minimum absolute atomic E-state index is 0.195. The molecular formula is C16H20N4O3S. The molecule has 2 heterocycles. The van der Waals surface area contributed by atoms with Crippen LogP contribution in [0.2, 0.25) is 0 Å². The fraction of sp³-hybridized carbons (Fsp3) is 0.375. The second-order valence-corrected chi connectivity index (χ2v) is 7.94. The molecule has 7 nitrogen and oxygen atoms in total. The molecule has 0 saturated carbocycles. The lowest BCUT2D eigenvalue weighted by Gasteiger charge is -2.31. The number of H-pyrrole nitrogens is 1. The lowest BCUT2D eigenvalue weighted by atomic mass is 10.1. The van der Waals surface area contributed by atoms with Gasteiger partial charge in [-0.2, -0.15) is 5.10 Å². The predicted molar refractivity (Wildman–Crippen MR) is 90.9 cm³/mol. The van der Waals surface area contributed by atoms with Gasteiger partial charge in [-0.3, -0.25) is 9.89 Å². The highest BCUT2D eigenvalue weighted by Crippen LogP contribution is 2.21. The molecule has 2 aromatic rings. The molecule has 1 fully saturated rings. The van der Waals surface area contributed by atoms with Crippen LogP contribution >= 0.6 is 0 Å². The van der Waals surface area contributed by atoms with Crippen molar-refractivity contribution < 1.29 is 13.2 Å². The van der Waals surface area contributed by atoms with Crippen molar-refractivity contribution in [3.8, 4) is 11.3 Å². The van der Waals surface area contributed by atoms with Crippen LogP contribution in [0.5, 0.6) is 0 Å². The van der Waals surface area contributed by atoms with E-state index in [0.29, 0.717) is 24.3 Å². The fourth-order valence-corrected chi connectivity index (χ4v) is 3.82. The number of hydrogen-bond donors (Lipinski definition) is 2. The number of aromatic nitrogens is 2. The maximum absolute atomic E-state index is 12.6. The van der Waals surface area contributed by atoms with Crippen LogP contribution in [-0.2, 0) is 10.0 Å². The van der Waals surface area contributed by atoms with Gasteiger partial charge in [0.1, 0.15) is 0 Å². The number of carbonyl (C=O) groups is 1. The smallest absolute Gasteiger partial charge is 0.255 e. The molecule has 3 rings (SSSR count). The molecular weight excluding hydrogens is 328 g/mol. The zero-order valence-electron chi connectivity index (χ0n) is 13.4. The summed E-state index contributed by atoms with van der Waals surface area (Å²) >= 11 is 0. The summed E-state index contributed by atoms with van der Waals surface area (Å²) in [6.07, 6.45) is 4.18. The van der Waals surface area contributed by atoms with Gasteiger partial charge in [0.2, 0.25) is 10.0 Å². The Bertz CT molecular complexity index is 817. The van der Waals surface area contributed by atoms with E-state index >= 15 is 0 Å². The Morgan fingerprint density at radius 1 is 1.33 bits per heavy atom. The predicted octanol–water partition coefficient (Wildman–Crippen LogP) is 1.23. The molecule has 0 radical (unpaired) electrons. The Kier molecular flexibility index (Phi) is 4.68. The van der Waals surface area contributed by atoms with Crippen LogP contribution in [0.25, 0.3) is 11.3 Å². The van der Waals surface area contributed by atoms with Gasteiger partial charge < -0.3 is 5.32 Å². The Balaban J connectivity index is 1.73. The average molecular weight is 348 g/mol. The molecule has 0 spiro atoms. The molecule has 1 amide bonds. The molecule has 0 unspecified atom stereocenters. The third-order valence-corrected chi connectivity index (χ3v) is 5.40. The largest absolute Gasteiger partial charge is 0.348 e. The summed E-state index contributed by atoms with van der Waals surface area (Å²) in [7, 11) is -3.24. The Labute approximate surface area is 141 Å². The summed E-state index contributed by atoms with van der Waals surface area (Å²) in [6.45, 7) is 0.815. The van der Waals surface area contributed by atoms with E-state index in [1.165, 1.54) is 16.8 Å². The van der Waals surface area contributed by atoms with Crippen molar-refractivity contribution in [1.29, 1.82) is 0 Å². The highest BCUT2D eigenvalue weighted by atomic mass is 32.2. The highest BCUT2D eigenvalue weighted by Gasteiger charge is 2.27. The number of hydrogen-bond acceptors (Lipinski definition) is 4. The molecule has 8 heteroatoms. The van der Waals surface area contributed by atoms with Crippen molar-refractivity contribution >= 4 is 15.9 Å². The number of benzene rings is 1. The molecule has 0 bridgehead atoms. The molecule has 128 valence electrons. The van der Waals surface area contributed by atoms with Gasteiger partial charge in [-0.25, -0.2) is 12.7 Å². The van der Waals surface area contributed by atoms with Crippen LogP contribution in [0.15, 0.2) is 36.5 Å². The van der Waals surface area contributed by atoms with E-state index in [4.69, 9.17) is 0 Å². The van der Waals surface area contributed by atoms with Crippen molar-refractivity contribution in [2.45, 2.75) is 18.9 Å². The summed E-state index contributed by atoms with van der Waals surface area (Å²) < 4.78 is 24.8. The molecule has 0 aliphatic carbocycles.